The lowest BCUT2D eigenvalue weighted by Gasteiger charge is -2.26. The molecule has 5 nitrogen and oxygen atoms in total. The summed E-state index contributed by atoms with van der Waals surface area (Å²) in [5.41, 5.74) is 2.61. The smallest absolute Gasteiger partial charge is 0.251 e. The summed E-state index contributed by atoms with van der Waals surface area (Å²) < 4.78 is 0. The summed E-state index contributed by atoms with van der Waals surface area (Å²) in [6.45, 7) is 0.490. The van der Waals surface area contributed by atoms with Gasteiger partial charge in [-0.15, -0.1) is 0 Å². The molecule has 0 spiro atoms. The van der Waals surface area contributed by atoms with Crippen molar-refractivity contribution in [2.75, 3.05) is 20.6 Å². The standard InChI is InChI=1S/C26H29N3O2/c1-29(2)24(21-14-8-4-9-15-21)19-27-25(30)18-23(20-12-6-3-7-13-20)28-26(31)22-16-10-5-11-17-22/h3-17,23-24H,18-19H2,1-2H3,(H,27,30)(H,28,31)/t23-,24-/m0/s1. The van der Waals surface area contributed by atoms with Gasteiger partial charge in [0.25, 0.3) is 5.91 Å². The van der Waals surface area contributed by atoms with Gasteiger partial charge >= 0.3 is 0 Å². The number of likely N-dealkylation sites (N-methyl/N-ethyl adjacent to an activating group) is 1. The Morgan fingerprint density at radius 3 is 1.84 bits per heavy atom. The Labute approximate surface area is 184 Å². The van der Waals surface area contributed by atoms with Gasteiger partial charge in [-0.1, -0.05) is 78.9 Å². The quantitative estimate of drug-likeness (QED) is 0.556. The van der Waals surface area contributed by atoms with Crippen LogP contribution in [-0.2, 0) is 4.79 Å². The SMILES string of the molecule is CN(C)[C@@H](CNC(=O)C[C@H](NC(=O)c1ccccc1)c1ccccc1)c1ccccc1. The summed E-state index contributed by atoms with van der Waals surface area (Å²) in [5.74, 6) is -0.303. The first-order valence-electron chi connectivity index (χ1n) is 10.4. The van der Waals surface area contributed by atoms with Crippen LogP contribution in [0.15, 0.2) is 91.0 Å². The number of carbonyl (C=O) groups excluding carboxylic acids is 2. The Morgan fingerprint density at radius 1 is 0.774 bits per heavy atom. The molecular weight excluding hydrogens is 386 g/mol. The van der Waals surface area contributed by atoms with Crippen LogP contribution in [0, 0.1) is 0 Å². The molecule has 2 atom stereocenters. The molecule has 0 radical (unpaired) electrons. The Bertz CT molecular complexity index is 960. The molecular formula is C26H29N3O2. The van der Waals surface area contributed by atoms with E-state index in [-0.39, 0.29) is 24.3 Å². The van der Waals surface area contributed by atoms with Crippen molar-refractivity contribution in [3.05, 3.63) is 108 Å². The molecule has 31 heavy (non-hydrogen) atoms. The zero-order chi connectivity index (χ0) is 22.1. The largest absolute Gasteiger partial charge is 0.354 e. The normalized spacial score (nSPS) is 12.7. The third-order valence-corrected chi connectivity index (χ3v) is 5.23. The monoisotopic (exact) mass is 415 g/mol. The van der Waals surface area contributed by atoms with Crippen LogP contribution >= 0.6 is 0 Å². The number of hydrogen-bond acceptors (Lipinski definition) is 3. The van der Waals surface area contributed by atoms with Crippen molar-refractivity contribution in [1.82, 2.24) is 15.5 Å². The molecule has 3 rings (SSSR count). The molecule has 0 aliphatic carbocycles. The summed E-state index contributed by atoms with van der Waals surface area (Å²) in [4.78, 5) is 27.6. The topological polar surface area (TPSA) is 61.4 Å². The molecule has 3 aromatic carbocycles. The van der Waals surface area contributed by atoms with Crippen molar-refractivity contribution >= 4 is 11.8 Å². The molecule has 0 unspecified atom stereocenters. The van der Waals surface area contributed by atoms with E-state index >= 15 is 0 Å². The molecule has 0 saturated heterocycles. The first-order chi connectivity index (χ1) is 15.0. The maximum Gasteiger partial charge on any atom is 0.251 e. The fourth-order valence-corrected chi connectivity index (χ4v) is 3.51. The van der Waals surface area contributed by atoms with E-state index in [2.05, 4.69) is 27.7 Å². The van der Waals surface area contributed by atoms with Gasteiger partial charge in [-0.25, -0.2) is 0 Å². The van der Waals surface area contributed by atoms with Crippen LogP contribution in [0.2, 0.25) is 0 Å². The lowest BCUT2D eigenvalue weighted by Crippen LogP contribution is -2.37. The molecule has 0 fully saturated rings. The van der Waals surface area contributed by atoms with E-state index in [1.807, 2.05) is 80.8 Å². The maximum atomic E-state index is 12.8. The molecule has 5 heteroatoms. The lowest BCUT2D eigenvalue weighted by atomic mass is 10.0. The van der Waals surface area contributed by atoms with Crippen molar-refractivity contribution in [2.45, 2.75) is 18.5 Å². The van der Waals surface area contributed by atoms with E-state index in [9.17, 15) is 9.59 Å². The Hall–Kier alpha value is -3.44. The Kier molecular flexibility index (Phi) is 7.96. The highest BCUT2D eigenvalue weighted by molar-refractivity contribution is 5.94. The van der Waals surface area contributed by atoms with Gasteiger partial charge in [0.05, 0.1) is 18.5 Å². The number of carbonyl (C=O) groups is 2. The van der Waals surface area contributed by atoms with E-state index in [4.69, 9.17) is 0 Å². The fourth-order valence-electron chi connectivity index (χ4n) is 3.51. The van der Waals surface area contributed by atoms with Crippen LogP contribution in [0.3, 0.4) is 0 Å². The number of nitrogens with one attached hydrogen (secondary N) is 2. The minimum Gasteiger partial charge on any atom is -0.354 e. The first kappa shape index (κ1) is 22.2. The van der Waals surface area contributed by atoms with Crippen molar-refractivity contribution in [2.24, 2.45) is 0 Å². The molecule has 0 aliphatic heterocycles. The van der Waals surface area contributed by atoms with Crippen molar-refractivity contribution < 1.29 is 9.59 Å². The van der Waals surface area contributed by atoms with E-state index in [1.54, 1.807) is 12.1 Å². The van der Waals surface area contributed by atoms with Gasteiger partial charge in [0.2, 0.25) is 5.91 Å². The highest BCUT2D eigenvalue weighted by Crippen LogP contribution is 2.19. The van der Waals surface area contributed by atoms with Crippen LogP contribution in [0.5, 0.6) is 0 Å². The van der Waals surface area contributed by atoms with E-state index in [0.29, 0.717) is 12.1 Å². The molecule has 0 bridgehead atoms. The summed E-state index contributed by atoms with van der Waals surface area (Å²) in [5, 5.41) is 6.06. The van der Waals surface area contributed by atoms with Crippen molar-refractivity contribution in [3.63, 3.8) is 0 Å². The van der Waals surface area contributed by atoms with Crippen LogP contribution in [0.1, 0.15) is 40.0 Å². The third kappa shape index (κ3) is 6.52. The van der Waals surface area contributed by atoms with Crippen LogP contribution in [-0.4, -0.2) is 37.4 Å². The van der Waals surface area contributed by atoms with Gasteiger partial charge in [-0.2, -0.15) is 0 Å². The van der Waals surface area contributed by atoms with E-state index in [1.165, 1.54) is 0 Å². The van der Waals surface area contributed by atoms with Gasteiger partial charge < -0.3 is 15.5 Å². The van der Waals surface area contributed by atoms with Crippen molar-refractivity contribution in [3.8, 4) is 0 Å². The molecule has 2 amide bonds. The van der Waals surface area contributed by atoms with Gasteiger partial charge in [-0.05, 0) is 37.4 Å². The Balaban J connectivity index is 1.67. The number of nitrogens with zero attached hydrogens (tertiary/aromatic N) is 1. The molecule has 160 valence electrons. The van der Waals surface area contributed by atoms with Gasteiger partial charge in [0, 0.05) is 12.1 Å². The summed E-state index contributed by atoms with van der Waals surface area (Å²) in [6.07, 6.45) is 0.164. The lowest BCUT2D eigenvalue weighted by molar-refractivity contribution is -0.121. The maximum absolute atomic E-state index is 12.8. The van der Waals surface area contributed by atoms with E-state index in [0.717, 1.165) is 11.1 Å². The van der Waals surface area contributed by atoms with E-state index < -0.39 is 6.04 Å². The average Bonchev–Trinajstić information content (AvgIpc) is 2.80. The minimum absolute atomic E-state index is 0.0687. The van der Waals surface area contributed by atoms with Gasteiger partial charge in [-0.3, -0.25) is 9.59 Å². The molecule has 0 heterocycles. The molecule has 3 aromatic rings. The number of rotatable bonds is 9. The molecule has 0 aliphatic rings. The predicted molar refractivity (Wildman–Crippen MR) is 124 cm³/mol. The highest BCUT2D eigenvalue weighted by Gasteiger charge is 2.21. The second kappa shape index (κ2) is 11.1. The summed E-state index contributed by atoms with van der Waals surface area (Å²) >= 11 is 0. The van der Waals surface area contributed by atoms with Crippen molar-refractivity contribution in [1.29, 1.82) is 0 Å². The molecule has 0 saturated carbocycles. The van der Waals surface area contributed by atoms with Gasteiger partial charge in [0.15, 0.2) is 0 Å². The number of amides is 2. The first-order valence-corrected chi connectivity index (χ1v) is 10.4. The molecule has 0 aromatic heterocycles. The Morgan fingerprint density at radius 2 is 1.29 bits per heavy atom. The number of benzene rings is 3. The average molecular weight is 416 g/mol. The van der Waals surface area contributed by atoms with Crippen LogP contribution < -0.4 is 10.6 Å². The third-order valence-electron chi connectivity index (χ3n) is 5.23. The second-order valence-electron chi connectivity index (χ2n) is 7.70. The second-order valence-corrected chi connectivity index (χ2v) is 7.70. The summed E-state index contributed by atoms with van der Waals surface area (Å²) in [6, 6.07) is 28.4. The zero-order valence-corrected chi connectivity index (χ0v) is 18.0. The highest BCUT2D eigenvalue weighted by atomic mass is 16.2. The molecule has 2 N–H and O–H groups in total. The summed E-state index contributed by atoms with van der Waals surface area (Å²) in [7, 11) is 3.99. The van der Waals surface area contributed by atoms with Crippen LogP contribution in [0.25, 0.3) is 0 Å². The minimum atomic E-state index is -0.413. The number of hydrogen-bond donors (Lipinski definition) is 2. The van der Waals surface area contributed by atoms with Gasteiger partial charge in [0.1, 0.15) is 0 Å². The fraction of sp³-hybridized carbons (Fsp3) is 0.231. The predicted octanol–water partition coefficient (Wildman–Crippen LogP) is 3.97. The zero-order valence-electron chi connectivity index (χ0n) is 18.0. The van der Waals surface area contributed by atoms with Crippen LogP contribution in [0.4, 0.5) is 0 Å².